The van der Waals surface area contributed by atoms with E-state index >= 15 is 0 Å². The molecule has 160 valence electrons. The minimum absolute atomic E-state index is 0.0368. The van der Waals surface area contributed by atoms with Crippen LogP contribution in [0, 0.1) is 10.1 Å². The van der Waals surface area contributed by atoms with E-state index in [2.05, 4.69) is 0 Å². The van der Waals surface area contributed by atoms with Crippen LogP contribution in [0.15, 0.2) is 53.4 Å². The topological polar surface area (TPSA) is 101 Å². The fraction of sp³-hybridized carbons (Fsp3) is 0.350. The lowest BCUT2D eigenvalue weighted by molar-refractivity contribution is -0.384. The summed E-state index contributed by atoms with van der Waals surface area (Å²) in [7, 11) is -2.28. The summed E-state index contributed by atoms with van der Waals surface area (Å²) < 4.78 is 27.5. The van der Waals surface area contributed by atoms with Crippen molar-refractivity contribution in [2.45, 2.75) is 36.7 Å². The number of hydrogen-bond donors (Lipinski definition) is 0. The maximum absolute atomic E-state index is 13.2. The summed E-state index contributed by atoms with van der Waals surface area (Å²) in [5.41, 5.74) is 0.302. The number of likely N-dealkylation sites (N-methyl/N-ethyl adjacent to an activating group) is 1. The van der Waals surface area contributed by atoms with Gasteiger partial charge in [0.05, 0.1) is 9.82 Å². The number of halogens is 1. The Morgan fingerprint density at radius 2 is 1.93 bits per heavy atom. The Kier molecular flexibility index (Phi) is 6.74. The van der Waals surface area contributed by atoms with Crippen molar-refractivity contribution >= 4 is 33.2 Å². The molecule has 2 aromatic carbocycles. The largest absolute Gasteiger partial charge is 0.340 e. The molecule has 0 radical (unpaired) electrons. The average molecular weight is 452 g/mol. The van der Waals surface area contributed by atoms with Gasteiger partial charge in [-0.1, -0.05) is 36.2 Å². The molecule has 1 fully saturated rings. The van der Waals surface area contributed by atoms with Crippen molar-refractivity contribution < 1.29 is 18.1 Å². The number of nitrogens with zero attached hydrogens (tertiary/aromatic N) is 3. The van der Waals surface area contributed by atoms with Crippen LogP contribution in [0.1, 0.15) is 24.8 Å². The third-order valence-electron chi connectivity index (χ3n) is 5.11. The Balaban J connectivity index is 1.84. The van der Waals surface area contributed by atoms with Gasteiger partial charge in [-0.2, -0.15) is 4.31 Å². The van der Waals surface area contributed by atoms with Crippen molar-refractivity contribution in [3.05, 3.63) is 69.2 Å². The van der Waals surface area contributed by atoms with Crippen LogP contribution in [-0.4, -0.2) is 48.1 Å². The Hall–Kier alpha value is -2.49. The van der Waals surface area contributed by atoms with E-state index < -0.39 is 21.0 Å². The molecule has 0 saturated carbocycles. The third-order valence-corrected chi connectivity index (χ3v) is 7.40. The van der Waals surface area contributed by atoms with E-state index in [1.807, 2.05) is 0 Å². The molecule has 2 aromatic rings. The molecular weight excluding hydrogens is 430 g/mol. The standard InChI is InChI=1S/C20H22ClN3O5S/c1-22(14-15-13-16(24(26)27)10-11-18(15)21)20(25)19-9-5-6-12-23(19)30(28,29)17-7-3-2-4-8-17/h2-4,7-8,10-11,13,19H,5-6,9,12,14H2,1H3. The van der Waals surface area contributed by atoms with Gasteiger partial charge < -0.3 is 4.90 Å². The van der Waals surface area contributed by atoms with Gasteiger partial charge in [-0.05, 0) is 36.6 Å². The minimum atomic E-state index is -3.82. The lowest BCUT2D eigenvalue weighted by Gasteiger charge is -2.35. The van der Waals surface area contributed by atoms with E-state index in [0.717, 1.165) is 6.42 Å². The normalized spacial score (nSPS) is 17.5. The lowest BCUT2D eigenvalue weighted by Crippen LogP contribution is -2.52. The van der Waals surface area contributed by atoms with Crippen molar-refractivity contribution in [1.29, 1.82) is 0 Å². The van der Waals surface area contributed by atoms with Gasteiger partial charge in [0.15, 0.2) is 0 Å². The Bertz CT molecular complexity index is 1050. The first-order chi connectivity index (χ1) is 14.2. The fourth-order valence-electron chi connectivity index (χ4n) is 3.55. The summed E-state index contributed by atoms with van der Waals surface area (Å²) in [6.07, 6.45) is 1.83. The monoisotopic (exact) mass is 451 g/mol. The number of rotatable bonds is 6. The smallest absolute Gasteiger partial charge is 0.269 e. The van der Waals surface area contributed by atoms with Crippen molar-refractivity contribution in [2.24, 2.45) is 0 Å². The number of piperidine rings is 1. The number of amides is 1. The number of carbonyl (C=O) groups is 1. The minimum Gasteiger partial charge on any atom is -0.340 e. The number of benzene rings is 2. The molecule has 1 atom stereocenters. The predicted octanol–water partition coefficient (Wildman–Crippen LogP) is 3.45. The quantitative estimate of drug-likeness (QED) is 0.494. The van der Waals surface area contributed by atoms with Crippen molar-refractivity contribution in [3.63, 3.8) is 0 Å². The highest BCUT2D eigenvalue weighted by Gasteiger charge is 2.38. The molecule has 0 aliphatic carbocycles. The van der Waals surface area contributed by atoms with Crippen LogP contribution >= 0.6 is 11.6 Å². The van der Waals surface area contributed by atoms with Gasteiger partial charge in [-0.3, -0.25) is 14.9 Å². The summed E-state index contributed by atoms with van der Waals surface area (Å²) in [6.45, 7) is 0.300. The SMILES string of the molecule is CN(Cc1cc([N+](=O)[O-])ccc1Cl)C(=O)C1CCCCN1S(=O)(=O)c1ccccc1. The maximum atomic E-state index is 13.2. The molecule has 1 saturated heterocycles. The predicted molar refractivity (Wildman–Crippen MR) is 113 cm³/mol. The van der Waals surface area contributed by atoms with Gasteiger partial charge in [0.1, 0.15) is 6.04 Å². The first kappa shape index (κ1) is 22.2. The Morgan fingerprint density at radius 3 is 2.60 bits per heavy atom. The lowest BCUT2D eigenvalue weighted by atomic mass is 10.0. The van der Waals surface area contributed by atoms with Gasteiger partial charge >= 0.3 is 0 Å². The molecule has 30 heavy (non-hydrogen) atoms. The Morgan fingerprint density at radius 1 is 1.23 bits per heavy atom. The number of sulfonamides is 1. The van der Waals surface area contributed by atoms with E-state index in [1.165, 1.54) is 39.5 Å². The van der Waals surface area contributed by atoms with Crippen LogP contribution in [0.3, 0.4) is 0 Å². The van der Waals surface area contributed by atoms with Crippen LogP contribution in [0.5, 0.6) is 0 Å². The molecule has 0 N–H and O–H groups in total. The number of nitro benzene ring substituents is 1. The maximum Gasteiger partial charge on any atom is 0.269 e. The van der Waals surface area contributed by atoms with E-state index in [9.17, 15) is 23.3 Å². The van der Waals surface area contributed by atoms with Gasteiger partial charge in [-0.25, -0.2) is 8.42 Å². The highest BCUT2D eigenvalue weighted by molar-refractivity contribution is 7.89. The van der Waals surface area contributed by atoms with Crippen LogP contribution in [-0.2, 0) is 21.4 Å². The molecule has 3 rings (SSSR count). The second kappa shape index (κ2) is 9.11. The number of hydrogen-bond acceptors (Lipinski definition) is 5. The first-order valence-electron chi connectivity index (χ1n) is 9.46. The van der Waals surface area contributed by atoms with Crippen LogP contribution in [0.25, 0.3) is 0 Å². The molecule has 1 aliphatic heterocycles. The van der Waals surface area contributed by atoms with Crippen molar-refractivity contribution in [1.82, 2.24) is 9.21 Å². The summed E-state index contributed by atoms with van der Waals surface area (Å²) in [5.74, 6) is -0.364. The molecule has 1 amide bonds. The number of nitro groups is 1. The zero-order valence-corrected chi connectivity index (χ0v) is 18.0. The average Bonchev–Trinajstić information content (AvgIpc) is 2.75. The van der Waals surface area contributed by atoms with Gasteiger partial charge in [0.2, 0.25) is 15.9 Å². The second-order valence-corrected chi connectivity index (χ2v) is 9.47. The van der Waals surface area contributed by atoms with E-state index in [0.29, 0.717) is 23.4 Å². The van der Waals surface area contributed by atoms with E-state index in [-0.39, 0.29) is 29.6 Å². The molecule has 0 spiro atoms. The van der Waals surface area contributed by atoms with Gasteiger partial charge in [-0.15, -0.1) is 0 Å². The van der Waals surface area contributed by atoms with Crippen LogP contribution in [0.4, 0.5) is 5.69 Å². The van der Waals surface area contributed by atoms with Gasteiger partial charge in [0.25, 0.3) is 5.69 Å². The summed E-state index contributed by atoms with van der Waals surface area (Å²) in [6, 6.07) is 11.2. The Labute approximate surface area is 180 Å². The summed E-state index contributed by atoms with van der Waals surface area (Å²) in [5, 5.41) is 11.3. The molecule has 8 nitrogen and oxygen atoms in total. The second-order valence-electron chi connectivity index (χ2n) is 7.17. The van der Waals surface area contributed by atoms with Crippen LogP contribution in [0.2, 0.25) is 5.02 Å². The number of non-ortho nitro benzene ring substituents is 1. The molecular formula is C20H22ClN3O5S. The summed E-state index contributed by atoms with van der Waals surface area (Å²) in [4.78, 5) is 25.2. The highest BCUT2D eigenvalue weighted by atomic mass is 35.5. The molecule has 1 unspecified atom stereocenters. The van der Waals surface area contributed by atoms with E-state index in [4.69, 9.17) is 11.6 Å². The molecule has 10 heteroatoms. The van der Waals surface area contributed by atoms with Crippen molar-refractivity contribution in [3.8, 4) is 0 Å². The zero-order valence-electron chi connectivity index (χ0n) is 16.4. The van der Waals surface area contributed by atoms with Crippen molar-refractivity contribution in [2.75, 3.05) is 13.6 Å². The van der Waals surface area contributed by atoms with E-state index in [1.54, 1.807) is 25.2 Å². The molecule has 0 aromatic heterocycles. The first-order valence-corrected chi connectivity index (χ1v) is 11.3. The molecule has 0 bridgehead atoms. The summed E-state index contributed by atoms with van der Waals surface area (Å²) >= 11 is 6.15. The zero-order chi connectivity index (χ0) is 21.9. The molecule has 1 aliphatic rings. The third kappa shape index (κ3) is 4.63. The highest BCUT2D eigenvalue weighted by Crippen LogP contribution is 2.28. The van der Waals surface area contributed by atoms with Crippen LogP contribution < -0.4 is 0 Å². The number of carbonyl (C=O) groups excluding carboxylic acids is 1. The van der Waals surface area contributed by atoms with Gasteiger partial charge in [0, 0.05) is 37.3 Å². The molecule has 1 heterocycles. The fourth-order valence-corrected chi connectivity index (χ4v) is 5.40.